The molecule has 3 heterocycles. The van der Waals surface area contributed by atoms with Gasteiger partial charge in [-0.2, -0.15) is 20.7 Å². The lowest BCUT2D eigenvalue weighted by Crippen LogP contribution is -1.93. The maximum Gasteiger partial charge on any atom is 0.103 e. The summed E-state index contributed by atoms with van der Waals surface area (Å²) in [5.74, 6) is 0. The zero-order valence-corrected chi connectivity index (χ0v) is 14.6. The van der Waals surface area contributed by atoms with Crippen LogP contribution in [-0.4, -0.2) is 19.8 Å². The van der Waals surface area contributed by atoms with Crippen LogP contribution in [-0.2, 0) is 0 Å². The Labute approximate surface area is 153 Å². The zero-order valence-electron chi connectivity index (χ0n) is 13.8. The highest BCUT2D eigenvalue weighted by Crippen LogP contribution is 2.37. The van der Waals surface area contributed by atoms with Gasteiger partial charge in [-0.3, -0.25) is 5.10 Å². The Balaban J connectivity index is 1.94. The van der Waals surface area contributed by atoms with Crippen molar-refractivity contribution in [1.29, 1.82) is 10.5 Å². The number of hydrogen-bond acceptors (Lipinski definition) is 5. The van der Waals surface area contributed by atoms with Gasteiger partial charge in [-0.25, -0.2) is 4.52 Å². The summed E-state index contributed by atoms with van der Waals surface area (Å²) >= 11 is 1.45. The van der Waals surface area contributed by atoms with Crippen molar-refractivity contribution in [3.05, 3.63) is 65.7 Å². The van der Waals surface area contributed by atoms with Crippen LogP contribution in [0.2, 0.25) is 0 Å². The van der Waals surface area contributed by atoms with E-state index in [1.165, 1.54) is 11.8 Å². The number of H-pyrrole nitrogens is 1. The maximum absolute atomic E-state index is 9.43. The first-order valence-corrected chi connectivity index (χ1v) is 8.61. The molecule has 0 fully saturated rings. The Morgan fingerprint density at radius 2 is 1.88 bits per heavy atom. The minimum Gasteiger partial charge on any atom is -0.282 e. The van der Waals surface area contributed by atoms with Crippen LogP contribution in [0.1, 0.15) is 16.8 Å². The summed E-state index contributed by atoms with van der Waals surface area (Å²) in [6, 6.07) is 13.8. The van der Waals surface area contributed by atoms with Gasteiger partial charge in [0.05, 0.1) is 29.0 Å². The molecule has 4 rings (SSSR count). The molecule has 7 heteroatoms. The summed E-state index contributed by atoms with van der Waals surface area (Å²) in [6.07, 6.45) is 5.21. The van der Waals surface area contributed by atoms with E-state index in [1.807, 2.05) is 37.4 Å². The van der Waals surface area contributed by atoms with Crippen LogP contribution < -0.4 is 0 Å². The van der Waals surface area contributed by atoms with Crippen LogP contribution in [0.5, 0.6) is 0 Å². The van der Waals surface area contributed by atoms with E-state index in [0.29, 0.717) is 11.1 Å². The first-order valence-electron chi connectivity index (χ1n) is 7.80. The van der Waals surface area contributed by atoms with E-state index in [0.717, 1.165) is 32.1 Å². The van der Waals surface area contributed by atoms with Gasteiger partial charge in [0.1, 0.15) is 12.1 Å². The van der Waals surface area contributed by atoms with E-state index in [1.54, 1.807) is 23.0 Å². The van der Waals surface area contributed by atoms with Crippen molar-refractivity contribution < 1.29 is 0 Å². The van der Waals surface area contributed by atoms with Crippen molar-refractivity contribution in [3.63, 3.8) is 0 Å². The van der Waals surface area contributed by atoms with Crippen molar-refractivity contribution in [3.8, 4) is 23.3 Å². The number of aryl methyl sites for hydroxylation is 1. The predicted octanol–water partition coefficient (Wildman–Crippen LogP) is 3.93. The Hall–Kier alpha value is -3.55. The SMILES string of the molecule is Cc1[nH]ncc1-c1cc(Sc2ccccc2C#N)c2c(C#N)cnn2c1. The van der Waals surface area contributed by atoms with Gasteiger partial charge in [-0.15, -0.1) is 0 Å². The molecule has 6 nitrogen and oxygen atoms in total. The summed E-state index contributed by atoms with van der Waals surface area (Å²) < 4.78 is 1.71. The summed E-state index contributed by atoms with van der Waals surface area (Å²) in [4.78, 5) is 1.70. The highest BCUT2D eigenvalue weighted by molar-refractivity contribution is 7.99. The molecule has 0 aliphatic rings. The molecule has 1 N–H and O–H groups in total. The van der Waals surface area contributed by atoms with Crippen molar-refractivity contribution in [1.82, 2.24) is 19.8 Å². The molecule has 124 valence electrons. The Morgan fingerprint density at radius 3 is 2.62 bits per heavy atom. The van der Waals surface area contributed by atoms with Crippen LogP contribution in [0.4, 0.5) is 0 Å². The quantitative estimate of drug-likeness (QED) is 0.600. The lowest BCUT2D eigenvalue weighted by Gasteiger charge is -2.09. The maximum atomic E-state index is 9.43. The summed E-state index contributed by atoms with van der Waals surface area (Å²) in [6.45, 7) is 1.95. The molecule has 0 atom stereocenters. The minimum absolute atomic E-state index is 0.498. The monoisotopic (exact) mass is 356 g/mol. The molecule has 0 aliphatic heterocycles. The van der Waals surface area contributed by atoms with Gasteiger partial charge in [0.25, 0.3) is 0 Å². The molecule has 1 aromatic carbocycles. The minimum atomic E-state index is 0.498. The zero-order chi connectivity index (χ0) is 18.1. The van der Waals surface area contributed by atoms with Gasteiger partial charge in [-0.1, -0.05) is 23.9 Å². The molecule has 0 saturated carbocycles. The van der Waals surface area contributed by atoms with Crippen LogP contribution in [0, 0.1) is 29.6 Å². The van der Waals surface area contributed by atoms with Gasteiger partial charge < -0.3 is 0 Å². The Morgan fingerprint density at radius 1 is 1.08 bits per heavy atom. The highest BCUT2D eigenvalue weighted by Gasteiger charge is 2.15. The summed E-state index contributed by atoms with van der Waals surface area (Å²) in [5.41, 5.74) is 4.68. The number of hydrogen-bond donors (Lipinski definition) is 1. The fourth-order valence-corrected chi connectivity index (χ4v) is 3.89. The molecule has 4 aromatic rings. The molecule has 0 unspecified atom stereocenters. The van der Waals surface area contributed by atoms with Gasteiger partial charge >= 0.3 is 0 Å². The Kier molecular flexibility index (Phi) is 3.92. The normalized spacial score (nSPS) is 10.6. The number of nitrogens with zero attached hydrogens (tertiary/aromatic N) is 5. The second kappa shape index (κ2) is 6.40. The predicted molar refractivity (Wildman–Crippen MR) is 97.5 cm³/mol. The van der Waals surface area contributed by atoms with E-state index in [4.69, 9.17) is 0 Å². The number of benzene rings is 1. The molecule has 0 amide bonds. The first kappa shape index (κ1) is 15.9. The molecule has 0 aliphatic carbocycles. The molecule has 0 radical (unpaired) electrons. The van der Waals surface area contributed by atoms with Gasteiger partial charge in [0.2, 0.25) is 0 Å². The molecule has 26 heavy (non-hydrogen) atoms. The molecular formula is C19H12N6S. The average Bonchev–Trinajstić information content (AvgIpc) is 3.28. The number of pyridine rings is 1. The van der Waals surface area contributed by atoms with Crippen LogP contribution in [0.3, 0.4) is 0 Å². The van der Waals surface area contributed by atoms with E-state index < -0.39 is 0 Å². The van der Waals surface area contributed by atoms with Crippen LogP contribution in [0.15, 0.2) is 58.7 Å². The van der Waals surface area contributed by atoms with Crippen LogP contribution in [0.25, 0.3) is 16.6 Å². The molecule has 0 saturated heterocycles. The number of rotatable bonds is 3. The molecule has 0 bridgehead atoms. The number of aromatic amines is 1. The topological polar surface area (TPSA) is 93.6 Å². The standard InChI is InChI=1S/C19H12N6S/c1-12-16(10-22-24-12)14-6-18(19-15(8-21)9-23-25(19)11-14)26-17-5-3-2-4-13(17)7-20/h2-6,9-11H,1H3,(H,22,24). The van der Waals surface area contributed by atoms with Gasteiger partial charge in [0, 0.05) is 32.8 Å². The van der Waals surface area contributed by atoms with E-state index in [-0.39, 0.29) is 0 Å². The second-order valence-electron chi connectivity index (χ2n) is 5.67. The molecule has 0 spiro atoms. The fourth-order valence-electron chi connectivity index (χ4n) is 2.80. The third kappa shape index (κ3) is 2.61. The average molecular weight is 356 g/mol. The van der Waals surface area contributed by atoms with Crippen molar-refractivity contribution in [2.75, 3.05) is 0 Å². The largest absolute Gasteiger partial charge is 0.282 e. The number of nitrogens with one attached hydrogen (secondary N) is 1. The number of nitriles is 2. The lowest BCUT2D eigenvalue weighted by atomic mass is 10.1. The summed E-state index contributed by atoms with van der Waals surface area (Å²) in [7, 11) is 0. The van der Waals surface area contributed by atoms with Gasteiger partial charge in [-0.05, 0) is 25.1 Å². The van der Waals surface area contributed by atoms with E-state index in [2.05, 4.69) is 27.4 Å². The highest BCUT2D eigenvalue weighted by atomic mass is 32.2. The number of aromatic nitrogens is 4. The summed E-state index contributed by atoms with van der Waals surface area (Å²) in [5, 5.41) is 30.1. The second-order valence-corrected chi connectivity index (χ2v) is 6.76. The molecule has 3 aromatic heterocycles. The van der Waals surface area contributed by atoms with Gasteiger partial charge in [0.15, 0.2) is 0 Å². The molecular weight excluding hydrogens is 344 g/mol. The fraction of sp³-hybridized carbons (Fsp3) is 0.0526. The number of fused-ring (bicyclic) bond motifs is 1. The van der Waals surface area contributed by atoms with Crippen molar-refractivity contribution in [2.45, 2.75) is 16.7 Å². The van der Waals surface area contributed by atoms with E-state index in [9.17, 15) is 10.5 Å². The van der Waals surface area contributed by atoms with E-state index >= 15 is 0 Å². The third-order valence-corrected chi connectivity index (χ3v) is 5.17. The van der Waals surface area contributed by atoms with Crippen LogP contribution >= 0.6 is 11.8 Å². The first-order chi connectivity index (χ1) is 12.7. The smallest absolute Gasteiger partial charge is 0.103 e. The van der Waals surface area contributed by atoms with Crippen molar-refractivity contribution >= 4 is 17.3 Å². The lowest BCUT2D eigenvalue weighted by molar-refractivity contribution is 0.951. The third-order valence-electron chi connectivity index (χ3n) is 4.07. The van der Waals surface area contributed by atoms with Crippen molar-refractivity contribution in [2.24, 2.45) is 0 Å². The Bertz CT molecular complexity index is 1200.